The number of carbonyl (C=O) groups is 1. The number of nitro benzene ring substituents is 1. The third-order valence-electron chi connectivity index (χ3n) is 3.83. The largest absolute Gasteiger partial charge is 0.416 e. The molecule has 28 heavy (non-hydrogen) atoms. The summed E-state index contributed by atoms with van der Waals surface area (Å²) in [5.41, 5.74) is -0.644. The van der Waals surface area contributed by atoms with E-state index in [1.165, 1.54) is 0 Å². The van der Waals surface area contributed by atoms with Crippen molar-refractivity contribution in [2.45, 2.75) is 12.7 Å². The molecular weight excluding hydrogens is 397 g/mol. The number of quaternary nitrogens is 1. The number of nitro groups is 1. The van der Waals surface area contributed by atoms with Gasteiger partial charge in [-0.2, -0.15) is 24.5 Å². The van der Waals surface area contributed by atoms with E-state index in [4.69, 9.17) is 0 Å². The van der Waals surface area contributed by atoms with Crippen molar-refractivity contribution < 1.29 is 27.8 Å². The van der Waals surface area contributed by atoms with Crippen molar-refractivity contribution in [3.63, 3.8) is 0 Å². The molecule has 7 nitrogen and oxygen atoms in total. The zero-order valence-electron chi connectivity index (χ0n) is 15.0. The molecule has 1 amide bonds. The monoisotopic (exact) mass is 417 g/mol. The Kier molecular flexibility index (Phi) is 7.35. The van der Waals surface area contributed by atoms with Crippen LogP contribution in [0.5, 0.6) is 0 Å². The Balaban J connectivity index is 1.81. The number of carbonyl (C=O) groups excluding carboxylic acids is 1. The molecule has 1 aromatic carbocycles. The highest BCUT2D eigenvalue weighted by atomic mass is 32.1. The highest BCUT2D eigenvalue weighted by Gasteiger charge is 2.33. The number of benzene rings is 1. The van der Waals surface area contributed by atoms with Crippen LogP contribution < -0.4 is 15.5 Å². The van der Waals surface area contributed by atoms with Crippen LogP contribution >= 0.6 is 11.3 Å². The van der Waals surface area contributed by atoms with E-state index in [2.05, 4.69) is 10.6 Å². The molecule has 0 aliphatic carbocycles. The van der Waals surface area contributed by atoms with Crippen LogP contribution in [0.2, 0.25) is 0 Å². The van der Waals surface area contributed by atoms with Gasteiger partial charge in [0.1, 0.15) is 12.2 Å². The predicted octanol–water partition coefficient (Wildman–Crippen LogP) is 1.92. The summed E-state index contributed by atoms with van der Waals surface area (Å²) in [6, 6.07) is 4.27. The van der Waals surface area contributed by atoms with Crippen molar-refractivity contribution >= 4 is 28.6 Å². The summed E-state index contributed by atoms with van der Waals surface area (Å²) in [5, 5.41) is 20.4. The maximum absolute atomic E-state index is 12.7. The maximum atomic E-state index is 12.7. The van der Waals surface area contributed by atoms with Crippen LogP contribution in [-0.2, 0) is 17.5 Å². The van der Waals surface area contributed by atoms with Gasteiger partial charge in [0.15, 0.2) is 6.54 Å². The number of nitrogens with one attached hydrogen (secondary N) is 3. The summed E-state index contributed by atoms with van der Waals surface area (Å²) < 4.78 is 38.1. The van der Waals surface area contributed by atoms with Crippen LogP contribution in [0.15, 0.2) is 35.0 Å². The summed E-state index contributed by atoms with van der Waals surface area (Å²) >= 11 is 1.59. The van der Waals surface area contributed by atoms with Crippen molar-refractivity contribution in [3.05, 3.63) is 56.3 Å². The van der Waals surface area contributed by atoms with Gasteiger partial charge in [-0.05, 0) is 29.0 Å². The number of amides is 1. The zero-order chi connectivity index (χ0) is 20.7. The van der Waals surface area contributed by atoms with E-state index in [9.17, 15) is 28.1 Å². The van der Waals surface area contributed by atoms with Gasteiger partial charge < -0.3 is 15.5 Å². The highest BCUT2D eigenvalue weighted by molar-refractivity contribution is 7.07. The Morgan fingerprint density at radius 3 is 2.64 bits per heavy atom. The fraction of sp³-hybridized carbons (Fsp3) is 0.353. The Morgan fingerprint density at radius 1 is 1.29 bits per heavy atom. The molecule has 0 saturated carbocycles. The number of rotatable bonds is 9. The second kappa shape index (κ2) is 9.51. The quantitative estimate of drug-likeness (QED) is 0.330. The molecule has 2 rings (SSSR count). The minimum Gasteiger partial charge on any atom is -0.378 e. The molecule has 0 saturated heterocycles. The molecule has 0 bridgehead atoms. The lowest BCUT2D eigenvalue weighted by atomic mass is 10.1. The van der Waals surface area contributed by atoms with Gasteiger partial charge in [-0.15, -0.1) is 0 Å². The van der Waals surface area contributed by atoms with Crippen molar-refractivity contribution in [1.82, 2.24) is 5.32 Å². The van der Waals surface area contributed by atoms with Gasteiger partial charge in [0.2, 0.25) is 0 Å². The lowest BCUT2D eigenvalue weighted by Crippen LogP contribution is -3.08. The van der Waals surface area contributed by atoms with Crippen LogP contribution in [-0.4, -0.2) is 37.5 Å². The standard InChI is InChI=1S/C17H19F3N4O3S/c1-23(9-12-4-7-28-11-12)10-16(25)22-6-5-21-14-3-2-13(17(18,19)20)8-15(14)24(26)27/h2-4,7-8,11,21H,5-6,9-10H2,1H3,(H,22,25)/p+1. The maximum Gasteiger partial charge on any atom is 0.416 e. The molecule has 1 heterocycles. The van der Waals surface area contributed by atoms with Crippen molar-refractivity contribution in [2.75, 3.05) is 32.0 Å². The van der Waals surface area contributed by atoms with Crippen LogP contribution in [0, 0.1) is 10.1 Å². The molecular formula is C17H20F3N4O3S+. The smallest absolute Gasteiger partial charge is 0.378 e. The van der Waals surface area contributed by atoms with E-state index in [1.807, 2.05) is 23.9 Å². The van der Waals surface area contributed by atoms with Crippen LogP contribution in [0.4, 0.5) is 24.5 Å². The van der Waals surface area contributed by atoms with Crippen LogP contribution in [0.1, 0.15) is 11.1 Å². The fourth-order valence-electron chi connectivity index (χ4n) is 2.55. The molecule has 3 N–H and O–H groups in total. The average molecular weight is 417 g/mol. The second-order valence-electron chi connectivity index (χ2n) is 6.21. The van der Waals surface area contributed by atoms with E-state index in [-0.39, 0.29) is 31.2 Å². The van der Waals surface area contributed by atoms with E-state index in [1.54, 1.807) is 11.3 Å². The number of halogens is 3. The first kappa shape index (κ1) is 21.6. The molecule has 152 valence electrons. The Hall–Kier alpha value is -2.66. The highest BCUT2D eigenvalue weighted by Crippen LogP contribution is 2.34. The van der Waals surface area contributed by atoms with E-state index in [0.717, 1.165) is 22.6 Å². The van der Waals surface area contributed by atoms with Gasteiger partial charge in [0, 0.05) is 24.7 Å². The first-order valence-electron chi connectivity index (χ1n) is 8.35. The number of alkyl halides is 3. The summed E-state index contributed by atoms with van der Waals surface area (Å²) in [4.78, 5) is 23.1. The molecule has 2 aromatic rings. The van der Waals surface area contributed by atoms with Gasteiger partial charge in [0.05, 0.1) is 17.5 Å². The van der Waals surface area contributed by atoms with Gasteiger partial charge in [-0.3, -0.25) is 14.9 Å². The van der Waals surface area contributed by atoms with Crippen LogP contribution in [0.25, 0.3) is 0 Å². The van der Waals surface area contributed by atoms with Crippen molar-refractivity contribution in [2.24, 2.45) is 0 Å². The van der Waals surface area contributed by atoms with Crippen LogP contribution in [0.3, 0.4) is 0 Å². The predicted molar refractivity (Wildman–Crippen MR) is 99.4 cm³/mol. The van der Waals surface area contributed by atoms with Gasteiger partial charge in [-0.1, -0.05) is 0 Å². The minimum atomic E-state index is -4.66. The lowest BCUT2D eigenvalue weighted by molar-refractivity contribution is -0.885. The normalized spacial score (nSPS) is 12.4. The molecule has 0 aliphatic heterocycles. The molecule has 1 atom stereocenters. The van der Waals surface area contributed by atoms with Gasteiger partial charge in [-0.25, -0.2) is 0 Å². The molecule has 11 heteroatoms. The molecule has 0 radical (unpaired) electrons. The first-order chi connectivity index (χ1) is 13.2. The zero-order valence-corrected chi connectivity index (χ0v) is 15.8. The molecule has 1 unspecified atom stereocenters. The van der Waals surface area contributed by atoms with E-state index in [0.29, 0.717) is 12.6 Å². The van der Waals surface area contributed by atoms with Gasteiger partial charge in [0.25, 0.3) is 11.6 Å². The lowest BCUT2D eigenvalue weighted by Gasteiger charge is -2.14. The summed E-state index contributed by atoms with van der Waals surface area (Å²) in [5.74, 6) is -0.184. The molecule has 0 fully saturated rings. The third kappa shape index (κ3) is 6.50. The molecule has 0 aliphatic rings. The van der Waals surface area contributed by atoms with Crippen molar-refractivity contribution in [3.8, 4) is 0 Å². The SMILES string of the molecule is C[NH+](CC(=O)NCCNc1ccc(C(F)(F)F)cc1[N+](=O)[O-])Cc1ccsc1. The molecule has 1 aromatic heterocycles. The summed E-state index contributed by atoms with van der Waals surface area (Å²) in [6.45, 7) is 1.30. The fourth-order valence-corrected chi connectivity index (χ4v) is 3.22. The summed E-state index contributed by atoms with van der Waals surface area (Å²) in [6.07, 6.45) is -4.66. The Bertz CT molecular complexity index is 812. The van der Waals surface area contributed by atoms with E-state index < -0.39 is 22.4 Å². The third-order valence-corrected chi connectivity index (χ3v) is 4.56. The van der Waals surface area contributed by atoms with E-state index >= 15 is 0 Å². The van der Waals surface area contributed by atoms with Gasteiger partial charge >= 0.3 is 6.18 Å². The average Bonchev–Trinajstić information content (AvgIpc) is 3.10. The Morgan fingerprint density at radius 2 is 2.04 bits per heavy atom. The molecule has 0 spiro atoms. The Labute approximate surface area is 163 Å². The topological polar surface area (TPSA) is 88.7 Å². The number of anilines is 1. The number of likely N-dealkylation sites (N-methyl/N-ethyl adjacent to an activating group) is 1. The second-order valence-corrected chi connectivity index (χ2v) is 6.99. The first-order valence-corrected chi connectivity index (χ1v) is 9.29. The number of thiophene rings is 1. The number of hydrogen-bond donors (Lipinski definition) is 3. The summed E-state index contributed by atoms with van der Waals surface area (Å²) in [7, 11) is 1.89. The minimum absolute atomic E-state index is 0.0348. The number of hydrogen-bond acceptors (Lipinski definition) is 5. The number of nitrogens with zero attached hydrogens (tertiary/aromatic N) is 1. The van der Waals surface area contributed by atoms with Crippen molar-refractivity contribution in [1.29, 1.82) is 0 Å².